The van der Waals surface area contributed by atoms with Crippen LogP contribution in [-0.4, -0.2) is 16.0 Å². The van der Waals surface area contributed by atoms with Crippen molar-refractivity contribution in [1.29, 1.82) is 0 Å². The molecular weight excluding hydrogens is 278 g/mol. The average molecular weight is 293 g/mol. The van der Waals surface area contributed by atoms with Crippen LogP contribution in [0.25, 0.3) is 11.4 Å². The first-order chi connectivity index (χ1) is 10.6. The van der Waals surface area contributed by atoms with E-state index in [0.29, 0.717) is 17.3 Å². The van der Waals surface area contributed by atoms with Crippen molar-refractivity contribution in [1.82, 2.24) is 10.1 Å². The molecule has 0 aliphatic carbocycles. The molecule has 1 amide bonds. The zero-order chi connectivity index (χ0) is 15.5. The first-order valence-electron chi connectivity index (χ1n) is 6.91. The number of aromatic nitrogens is 2. The Hall–Kier alpha value is -2.95. The average Bonchev–Trinajstić information content (AvgIpc) is 2.96. The number of anilines is 1. The van der Waals surface area contributed by atoms with Crippen LogP contribution >= 0.6 is 0 Å². The molecule has 3 rings (SSSR count). The Morgan fingerprint density at radius 2 is 1.77 bits per heavy atom. The van der Waals surface area contributed by atoms with E-state index < -0.39 is 0 Å². The van der Waals surface area contributed by atoms with Gasteiger partial charge in [0.2, 0.25) is 11.7 Å². The van der Waals surface area contributed by atoms with Gasteiger partial charge < -0.3 is 9.84 Å². The summed E-state index contributed by atoms with van der Waals surface area (Å²) in [6.07, 6.45) is 0. The number of nitrogens with one attached hydrogen (secondary N) is 1. The van der Waals surface area contributed by atoms with Gasteiger partial charge >= 0.3 is 0 Å². The van der Waals surface area contributed by atoms with E-state index in [1.807, 2.05) is 31.2 Å². The number of nitrogens with zero attached hydrogens (tertiary/aromatic N) is 2. The summed E-state index contributed by atoms with van der Waals surface area (Å²) in [5, 5.41) is 6.75. The smallest absolute Gasteiger partial charge is 0.255 e. The summed E-state index contributed by atoms with van der Waals surface area (Å²) < 4.78 is 4.95. The van der Waals surface area contributed by atoms with Gasteiger partial charge in [-0.3, -0.25) is 4.79 Å². The van der Waals surface area contributed by atoms with E-state index in [-0.39, 0.29) is 5.91 Å². The fourth-order valence-electron chi connectivity index (χ4n) is 2.09. The van der Waals surface area contributed by atoms with Gasteiger partial charge in [0.15, 0.2) is 0 Å². The molecule has 5 nitrogen and oxygen atoms in total. The second-order valence-electron chi connectivity index (χ2n) is 4.98. The summed E-state index contributed by atoms with van der Waals surface area (Å²) in [7, 11) is 0. The molecule has 0 radical (unpaired) electrons. The minimum atomic E-state index is -0.148. The second kappa shape index (κ2) is 5.81. The predicted octanol–water partition coefficient (Wildman–Crippen LogP) is 3.61. The maximum absolute atomic E-state index is 12.3. The standard InChI is InChI=1S/C17H15N3O2/c1-11-5-3-4-6-15(11)19-17(21)14-9-7-13(8-10-14)16-18-12(2)22-20-16/h3-10H,1-2H3,(H,19,21). The lowest BCUT2D eigenvalue weighted by molar-refractivity contribution is 0.102. The summed E-state index contributed by atoms with van der Waals surface area (Å²) in [4.78, 5) is 16.4. The number of amides is 1. The highest BCUT2D eigenvalue weighted by Crippen LogP contribution is 2.18. The van der Waals surface area contributed by atoms with Crippen LogP contribution in [0.4, 0.5) is 5.69 Å². The zero-order valence-electron chi connectivity index (χ0n) is 12.3. The summed E-state index contributed by atoms with van der Waals surface area (Å²) in [5.74, 6) is 0.880. The Morgan fingerprint density at radius 3 is 2.41 bits per heavy atom. The van der Waals surface area contributed by atoms with Gasteiger partial charge in [-0.25, -0.2) is 0 Å². The highest BCUT2D eigenvalue weighted by molar-refractivity contribution is 6.04. The SMILES string of the molecule is Cc1nc(-c2ccc(C(=O)Nc3ccccc3C)cc2)no1. The van der Waals surface area contributed by atoms with E-state index in [9.17, 15) is 4.79 Å². The van der Waals surface area contributed by atoms with E-state index in [1.54, 1.807) is 31.2 Å². The molecule has 0 bridgehead atoms. The van der Waals surface area contributed by atoms with Crippen molar-refractivity contribution in [3.05, 3.63) is 65.5 Å². The molecule has 3 aromatic rings. The van der Waals surface area contributed by atoms with Crippen LogP contribution in [0, 0.1) is 13.8 Å². The third-order valence-corrected chi connectivity index (χ3v) is 3.33. The van der Waals surface area contributed by atoms with Gasteiger partial charge in [0.05, 0.1) is 0 Å². The van der Waals surface area contributed by atoms with Crippen LogP contribution in [-0.2, 0) is 0 Å². The van der Waals surface area contributed by atoms with Gasteiger partial charge in [-0.2, -0.15) is 4.98 Å². The lowest BCUT2D eigenvalue weighted by Gasteiger charge is -2.08. The summed E-state index contributed by atoms with van der Waals surface area (Å²) >= 11 is 0. The van der Waals surface area contributed by atoms with Gasteiger partial charge in [-0.15, -0.1) is 0 Å². The van der Waals surface area contributed by atoms with Crippen LogP contribution in [0.2, 0.25) is 0 Å². The monoisotopic (exact) mass is 293 g/mol. The third kappa shape index (κ3) is 2.88. The first kappa shape index (κ1) is 14.0. The maximum Gasteiger partial charge on any atom is 0.255 e. The summed E-state index contributed by atoms with van der Waals surface area (Å²) in [5.41, 5.74) is 3.22. The number of rotatable bonds is 3. The number of aryl methyl sites for hydroxylation is 2. The second-order valence-corrected chi connectivity index (χ2v) is 4.98. The van der Waals surface area contributed by atoms with Crippen molar-refractivity contribution in [3.8, 4) is 11.4 Å². The van der Waals surface area contributed by atoms with Crippen molar-refractivity contribution >= 4 is 11.6 Å². The lowest BCUT2D eigenvalue weighted by Crippen LogP contribution is -2.12. The van der Waals surface area contributed by atoms with E-state index >= 15 is 0 Å². The quantitative estimate of drug-likeness (QED) is 0.801. The molecule has 0 spiro atoms. The molecule has 0 fully saturated rings. The molecule has 0 aliphatic heterocycles. The highest BCUT2D eigenvalue weighted by Gasteiger charge is 2.10. The molecule has 5 heteroatoms. The zero-order valence-corrected chi connectivity index (χ0v) is 12.3. The fraction of sp³-hybridized carbons (Fsp3) is 0.118. The molecule has 1 N–H and O–H groups in total. The molecule has 0 saturated heterocycles. The molecule has 110 valence electrons. The number of hydrogen-bond acceptors (Lipinski definition) is 4. The van der Waals surface area contributed by atoms with Crippen LogP contribution in [0.15, 0.2) is 53.1 Å². The molecular formula is C17H15N3O2. The van der Waals surface area contributed by atoms with Crippen LogP contribution in [0.1, 0.15) is 21.8 Å². The van der Waals surface area contributed by atoms with Gasteiger partial charge in [-0.05, 0) is 30.7 Å². The summed E-state index contributed by atoms with van der Waals surface area (Å²) in [6, 6.07) is 14.8. The van der Waals surface area contributed by atoms with Crippen molar-refractivity contribution < 1.29 is 9.32 Å². The minimum Gasteiger partial charge on any atom is -0.339 e. The molecule has 2 aromatic carbocycles. The molecule has 1 aromatic heterocycles. The molecule has 0 aliphatic rings. The Morgan fingerprint density at radius 1 is 1.05 bits per heavy atom. The van der Waals surface area contributed by atoms with E-state index in [2.05, 4.69) is 15.5 Å². The van der Waals surface area contributed by atoms with Crippen molar-refractivity contribution in [2.75, 3.05) is 5.32 Å². The first-order valence-corrected chi connectivity index (χ1v) is 6.91. The van der Waals surface area contributed by atoms with E-state index in [4.69, 9.17) is 4.52 Å². The Labute approximate surface area is 128 Å². The van der Waals surface area contributed by atoms with Crippen LogP contribution in [0.5, 0.6) is 0 Å². The molecule has 0 unspecified atom stereocenters. The number of carbonyl (C=O) groups excluding carboxylic acids is 1. The number of carbonyl (C=O) groups is 1. The Kier molecular flexibility index (Phi) is 3.70. The van der Waals surface area contributed by atoms with Crippen molar-refractivity contribution in [2.24, 2.45) is 0 Å². The number of hydrogen-bond donors (Lipinski definition) is 1. The van der Waals surface area contributed by atoms with Gasteiger partial charge in [0.1, 0.15) is 0 Å². The van der Waals surface area contributed by atoms with Crippen LogP contribution < -0.4 is 5.32 Å². The normalized spacial score (nSPS) is 10.5. The third-order valence-electron chi connectivity index (χ3n) is 3.33. The van der Waals surface area contributed by atoms with E-state index in [0.717, 1.165) is 16.8 Å². The number of para-hydroxylation sites is 1. The molecule has 22 heavy (non-hydrogen) atoms. The van der Waals surface area contributed by atoms with Crippen LogP contribution in [0.3, 0.4) is 0 Å². The van der Waals surface area contributed by atoms with Gasteiger partial charge in [-0.1, -0.05) is 35.5 Å². The summed E-state index contributed by atoms with van der Waals surface area (Å²) in [6.45, 7) is 3.69. The van der Waals surface area contributed by atoms with Crippen molar-refractivity contribution in [3.63, 3.8) is 0 Å². The fourth-order valence-corrected chi connectivity index (χ4v) is 2.09. The predicted molar refractivity (Wildman–Crippen MR) is 83.6 cm³/mol. The lowest BCUT2D eigenvalue weighted by atomic mass is 10.1. The minimum absolute atomic E-state index is 0.148. The molecule has 0 saturated carbocycles. The maximum atomic E-state index is 12.3. The topological polar surface area (TPSA) is 68.0 Å². The van der Waals surface area contributed by atoms with Gasteiger partial charge in [0, 0.05) is 23.7 Å². The van der Waals surface area contributed by atoms with Crippen molar-refractivity contribution in [2.45, 2.75) is 13.8 Å². The molecule has 1 heterocycles. The van der Waals surface area contributed by atoms with E-state index in [1.165, 1.54) is 0 Å². The molecule has 0 atom stereocenters. The largest absolute Gasteiger partial charge is 0.339 e. The Bertz CT molecular complexity index is 807. The number of benzene rings is 2. The van der Waals surface area contributed by atoms with Gasteiger partial charge in [0.25, 0.3) is 5.91 Å². The Balaban J connectivity index is 1.78. The highest BCUT2D eigenvalue weighted by atomic mass is 16.5.